The summed E-state index contributed by atoms with van der Waals surface area (Å²) < 4.78 is 0. The van der Waals surface area contributed by atoms with Crippen LogP contribution in [0.4, 0.5) is 5.82 Å². The number of nitrogens with zero attached hydrogens (tertiary/aromatic N) is 2. The first-order valence-corrected chi connectivity index (χ1v) is 5.25. The molecular formula is C11H15N3O. The SMILES string of the molecule is CCN(C(=O)c1cccnc1N)C1CC1. The van der Waals surface area contributed by atoms with Crippen LogP contribution >= 0.6 is 0 Å². The van der Waals surface area contributed by atoms with E-state index in [0.717, 1.165) is 19.4 Å². The number of aromatic nitrogens is 1. The van der Waals surface area contributed by atoms with Gasteiger partial charge in [0, 0.05) is 18.8 Å². The van der Waals surface area contributed by atoms with E-state index in [9.17, 15) is 4.79 Å². The lowest BCUT2D eigenvalue weighted by Gasteiger charge is -2.20. The van der Waals surface area contributed by atoms with Crippen molar-refractivity contribution < 1.29 is 4.79 Å². The largest absolute Gasteiger partial charge is 0.383 e. The minimum Gasteiger partial charge on any atom is -0.383 e. The Bertz CT molecular complexity index is 374. The molecule has 0 aliphatic heterocycles. The van der Waals surface area contributed by atoms with E-state index >= 15 is 0 Å². The Balaban J connectivity index is 2.22. The molecule has 4 heteroatoms. The lowest BCUT2D eigenvalue weighted by Crippen LogP contribution is -2.33. The number of rotatable bonds is 3. The third kappa shape index (κ3) is 1.93. The first-order chi connectivity index (χ1) is 7.24. The van der Waals surface area contributed by atoms with Crippen LogP contribution in [0, 0.1) is 0 Å². The molecule has 0 saturated heterocycles. The highest BCUT2D eigenvalue weighted by atomic mass is 16.2. The summed E-state index contributed by atoms with van der Waals surface area (Å²) >= 11 is 0. The maximum atomic E-state index is 12.1. The smallest absolute Gasteiger partial charge is 0.257 e. The molecule has 1 heterocycles. The van der Waals surface area contributed by atoms with E-state index in [0.29, 0.717) is 17.4 Å². The van der Waals surface area contributed by atoms with Crippen molar-refractivity contribution in [2.75, 3.05) is 12.3 Å². The van der Waals surface area contributed by atoms with Crippen molar-refractivity contribution in [3.8, 4) is 0 Å². The highest BCUT2D eigenvalue weighted by molar-refractivity contribution is 5.98. The van der Waals surface area contributed by atoms with E-state index in [1.54, 1.807) is 18.3 Å². The summed E-state index contributed by atoms with van der Waals surface area (Å²) in [4.78, 5) is 17.9. The van der Waals surface area contributed by atoms with Gasteiger partial charge in [-0.25, -0.2) is 4.98 Å². The topological polar surface area (TPSA) is 59.2 Å². The molecule has 15 heavy (non-hydrogen) atoms. The summed E-state index contributed by atoms with van der Waals surface area (Å²) in [5, 5.41) is 0. The monoisotopic (exact) mass is 205 g/mol. The fourth-order valence-electron chi connectivity index (χ4n) is 1.71. The molecule has 1 aromatic rings. The molecule has 0 spiro atoms. The highest BCUT2D eigenvalue weighted by Crippen LogP contribution is 2.28. The number of hydrogen-bond donors (Lipinski definition) is 1. The van der Waals surface area contributed by atoms with Gasteiger partial charge in [-0.1, -0.05) is 0 Å². The number of hydrogen-bond acceptors (Lipinski definition) is 3. The van der Waals surface area contributed by atoms with Crippen LogP contribution in [0.25, 0.3) is 0 Å². The average molecular weight is 205 g/mol. The van der Waals surface area contributed by atoms with Crippen LogP contribution in [0.1, 0.15) is 30.1 Å². The summed E-state index contributed by atoms with van der Waals surface area (Å²) in [6.45, 7) is 2.72. The Hall–Kier alpha value is -1.58. The molecule has 1 aliphatic carbocycles. The number of nitrogen functional groups attached to an aromatic ring is 1. The van der Waals surface area contributed by atoms with Crippen LogP contribution in [0.5, 0.6) is 0 Å². The highest BCUT2D eigenvalue weighted by Gasteiger charge is 2.32. The molecule has 1 aromatic heterocycles. The van der Waals surface area contributed by atoms with Crippen molar-refractivity contribution in [1.82, 2.24) is 9.88 Å². The Morgan fingerprint density at radius 1 is 1.67 bits per heavy atom. The molecule has 80 valence electrons. The molecule has 0 bridgehead atoms. The molecule has 0 radical (unpaired) electrons. The van der Waals surface area contributed by atoms with Gasteiger partial charge >= 0.3 is 0 Å². The number of carbonyl (C=O) groups excluding carboxylic acids is 1. The summed E-state index contributed by atoms with van der Waals surface area (Å²) in [7, 11) is 0. The van der Waals surface area contributed by atoms with Crippen molar-refractivity contribution in [2.45, 2.75) is 25.8 Å². The molecule has 2 N–H and O–H groups in total. The second-order valence-electron chi connectivity index (χ2n) is 3.76. The quantitative estimate of drug-likeness (QED) is 0.808. The van der Waals surface area contributed by atoms with Crippen molar-refractivity contribution in [3.63, 3.8) is 0 Å². The summed E-state index contributed by atoms with van der Waals surface area (Å²) in [5.74, 6) is 0.326. The van der Waals surface area contributed by atoms with E-state index in [2.05, 4.69) is 4.98 Å². The van der Waals surface area contributed by atoms with Crippen molar-refractivity contribution in [1.29, 1.82) is 0 Å². The third-order valence-corrected chi connectivity index (χ3v) is 2.66. The molecule has 4 nitrogen and oxygen atoms in total. The van der Waals surface area contributed by atoms with Crippen LogP contribution in [0.3, 0.4) is 0 Å². The maximum absolute atomic E-state index is 12.1. The lowest BCUT2D eigenvalue weighted by atomic mass is 10.2. The van der Waals surface area contributed by atoms with Crippen molar-refractivity contribution in [3.05, 3.63) is 23.9 Å². The van der Waals surface area contributed by atoms with Gasteiger partial charge in [-0.2, -0.15) is 0 Å². The van der Waals surface area contributed by atoms with Crippen molar-refractivity contribution >= 4 is 11.7 Å². The van der Waals surface area contributed by atoms with E-state index in [1.807, 2.05) is 11.8 Å². The zero-order valence-corrected chi connectivity index (χ0v) is 8.81. The number of amides is 1. The summed E-state index contributed by atoms with van der Waals surface area (Å²) in [5.41, 5.74) is 6.20. The van der Waals surface area contributed by atoms with E-state index < -0.39 is 0 Å². The molecule has 0 atom stereocenters. The minimum absolute atomic E-state index is 0.00519. The number of carbonyl (C=O) groups is 1. The molecular weight excluding hydrogens is 190 g/mol. The number of anilines is 1. The Morgan fingerprint density at radius 3 is 2.93 bits per heavy atom. The first-order valence-electron chi connectivity index (χ1n) is 5.25. The first kappa shape index (κ1) is 9.96. The predicted molar refractivity (Wildman–Crippen MR) is 58.4 cm³/mol. The zero-order chi connectivity index (χ0) is 10.8. The van der Waals surface area contributed by atoms with Gasteiger partial charge in [0.05, 0.1) is 5.56 Å². The van der Waals surface area contributed by atoms with E-state index in [1.165, 1.54) is 0 Å². The predicted octanol–water partition coefficient (Wildman–Crippen LogP) is 1.29. The fraction of sp³-hybridized carbons (Fsp3) is 0.455. The van der Waals surface area contributed by atoms with Crippen LogP contribution in [0.15, 0.2) is 18.3 Å². The molecule has 1 aliphatic rings. The Kier molecular flexibility index (Phi) is 2.58. The van der Waals surface area contributed by atoms with Crippen LogP contribution in [-0.2, 0) is 0 Å². The van der Waals surface area contributed by atoms with Crippen LogP contribution in [0.2, 0.25) is 0 Å². The van der Waals surface area contributed by atoms with Gasteiger partial charge in [0.25, 0.3) is 5.91 Å². The molecule has 0 unspecified atom stereocenters. The molecule has 1 amide bonds. The number of pyridine rings is 1. The molecule has 0 aromatic carbocycles. The standard InChI is InChI=1S/C11H15N3O/c1-2-14(8-5-6-8)11(15)9-4-3-7-13-10(9)12/h3-4,7-8H,2,5-6H2,1H3,(H2,12,13). The Morgan fingerprint density at radius 2 is 2.40 bits per heavy atom. The van der Waals surface area contributed by atoms with Gasteiger partial charge in [0.2, 0.25) is 0 Å². The van der Waals surface area contributed by atoms with Crippen LogP contribution in [-0.4, -0.2) is 28.4 Å². The van der Waals surface area contributed by atoms with Gasteiger partial charge in [0.1, 0.15) is 5.82 Å². The van der Waals surface area contributed by atoms with Gasteiger partial charge in [-0.15, -0.1) is 0 Å². The number of nitrogens with two attached hydrogens (primary N) is 1. The van der Waals surface area contributed by atoms with Crippen molar-refractivity contribution in [2.24, 2.45) is 0 Å². The molecule has 1 saturated carbocycles. The van der Waals surface area contributed by atoms with E-state index in [4.69, 9.17) is 5.73 Å². The van der Waals surface area contributed by atoms with Gasteiger partial charge in [0.15, 0.2) is 0 Å². The summed E-state index contributed by atoms with van der Waals surface area (Å²) in [6, 6.07) is 3.89. The van der Waals surface area contributed by atoms with Crippen LogP contribution < -0.4 is 5.73 Å². The third-order valence-electron chi connectivity index (χ3n) is 2.66. The van der Waals surface area contributed by atoms with Gasteiger partial charge in [-0.05, 0) is 31.9 Å². The van der Waals surface area contributed by atoms with Gasteiger partial charge < -0.3 is 10.6 Å². The van der Waals surface area contributed by atoms with Gasteiger partial charge in [-0.3, -0.25) is 4.79 Å². The molecule has 1 fully saturated rings. The maximum Gasteiger partial charge on any atom is 0.257 e. The average Bonchev–Trinajstić information content (AvgIpc) is 3.03. The van der Waals surface area contributed by atoms with E-state index in [-0.39, 0.29) is 5.91 Å². The normalized spacial score (nSPS) is 15.0. The second kappa shape index (κ2) is 3.88. The second-order valence-corrected chi connectivity index (χ2v) is 3.76. The minimum atomic E-state index is 0.00519. The lowest BCUT2D eigenvalue weighted by molar-refractivity contribution is 0.0753. The fourth-order valence-corrected chi connectivity index (χ4v) is 1.71. The molecule has 2 rings (SSSR count). The zero-order valence-electron chi connectivity index (χ0n) is 8.81. The Labute approximate surface area is 89.1 Å². The summed E-state index contributed by atoms with van der Waals surface area (Å²) in [6.07, 6.45) is 3.82.